The predicted octanol–water partition coefficient (Wildman–Crippen LogP) is 2.76. The van der Waals surface area contributed by atoms with Crippen LogP contribution in [0.4, 0.5) is 4.39 Å². The summed E-state index contributed by atoms with van der Waals surface area (Å²) in [5, 5.41) is 10.4. The Morgan fingerprint density at radius 1 is 1.14 bits per heavy atom. The minimum Gasteiger partial charge on any atom is -0.386 e. The van der Waals surface area contributed by atoms with Crippen molar-refractivity contribution >= 4 is 0 Å². The van der Waals surface area contributed by atoms with Gasteiger partial charge in [0.2, 0.25) is 0 Å². The van der Waals surface area contributed by atoms with Crippen LogP contribution in [0.3, 0.4) is 0 Å². The maximum Gasteiger partial charge on any atom is 0.129 e. The number of benzene rings is 2. The van der Waals surface area contributed by atoms with E-state index < -0.39 is 18.0 Å². The SMILES string of the molecule is OC(c1ccccc1F)C1CN(Cc2ccccc2)CCO1. The number of ether oxygens (including phenoxy) is 1. The van der Waals surface area contributed by atoms with Crippen LogP contribution in [0.5, 0.6) is 0 Å². The Hall–Kier alpha value is -1.75. The second kappa shape index (κ2) is 7.01. The molecule has 0 amide bonds. The Balaban J connectivity index is 1.66. The van der Waals surface area contributed by atoms with Crippen molar-refractivity contribution in [2.45, 2.75) is 18.8 Å². The molecule has 0 bridgehead atoms. The van der Waals surface area contributed by atoms with Gasteiger partial charge in [-0.15, -0.1) is 0 Å². The van der Waals surface area contributed by atoms with Gasteiger partial charge in [0.15, 0.2) is 0 Å². The molecule has 22 heavy (non-hydrogen) atoms. The molecule has 0 spiro atoms. The van der Waals surface area contributed by atoms with Gasteiger partial charge in [0.25, 0.3) is 0 Å². The molecule has 0 aliphatic carbocycles. The Bertz CT molecular complexity index is 605. The van der Waals surface area contributed by atoms with E-state index in [1.54, 1.807) is 18.2 Å². The zero-order chi connectivity index (χ0) is 15.4. The highest BCUT2D eigenvalue weighted by molar-refractivity contribution is 5.21. The molecule has 2 atom stereocenters. The summed E-state index contributed by atoms with van der Waals surface area (Å²) in [4.78, 5) is 2.23. The quantitative estimate of drug-likeness (QED) is 0.942. The van der Waals surface area contributed by atoms with Crippen LogP contribution in [0.25, 0.3) is 0 Å². The molecule has 0 aromatic heterocycles. The first-order valence-corrected chi connectivity index (χ1v) is 7.54. The van der Waals surface area contributed by atoms with E-state index in [4.69, 9.17) is 4.74 Å². The van der Waals surface area contributed by atoms with E-state index in [9.17, 15) is 9.50 Å². The number of rotatable bonds is 4. The summed E-state index contributed by atoms with van der Waals surface area (Å²) in [5.74, 6) is -0.390. The van der Waals surface area contributed by atoms with Gasteiger partial charge in [-0.05, 0) is 11.6 Å². The third-order valence-corrected chi connectivity index (χ3v) is 4.00. The first-order chi connectivity index (χ1) is 10.7. The fourth-order valence-corrected chi connectivity index (χ4v) is 2.82. The van der Waals surface area contributed by atoms with E-state index in [2.05, 4.69) is 17.0 Å². The molecular weight excluding hydrogens is 281 g/mol. The normalized spacial score (nSPS) is 20.7. The standard InChI is InChI=1S/C18H20FNO2/c19-16-9-5-4-8-15(16)18(21)17-13-20(10-11-22-17)12-14-6-2-1-3-7-14/h1-9,17-18,21H,10-13H2. The summed E-state index contributed by atoms with van der Waals surface area (Å²) in [6, 6.07) is 16.5. The van der Waals surface area contributed by atoms with E-state index in [0.29, 0.717) is 18.7 Å². The van der Waals surface area contributed by atoms with Crippen LogP contribution in [0.15, 0.2) is 54.6 Å². The third-order valence-electron chi connectivity index (χ3n) is 4.00. The summed E-state index contributed by atoms with van der Waals surface area (Å²) in [7, 11) is 0. The van der Waals surface area contributed by atoms with Crippen molar-refractivity contribution in [3.63, 3.8) is 0 Å². The van der Waals surface area contributed by atoms with E-state index in [1.807, 2.05) is 18.2 Å². The van der Waals surface area contributed by atoms with Crippen LogP contribution in [-0.2, 0) is 11.3 Å². The lowest BCUT2D eigenvalue weighted by molar-refractivity contribution is -0.0927. The molecule has 1 N–H and O–H groups in total. The smallest absolute Gasteiger partial charge is 0.129 e. The van der Waals surface area contributed by atoms with Gasteiger partial charge in [0, 0.05) is 25.2 Å². The molecule has 0 radical (unpaired) electrons. The van der Waals surface area contributed by atoms with Crippen molar-refractivity contribution in [2.75, 3.05) is 19.7 Å². The van der Waals surface area contributed by atoms with E-state index in [0.717, 1.165) is 13.1 Å². The largest absolute Gasteiger partial charge is 0.386 e. The van der Waals surface area contributed by atoms with Crippen molar-refractivity contribution in [3.8, 4) is 0 Å². The Morgan fingerprint density at radius 3 is 2.64 bits per heavy atom. The van der Waals surface area contributed by atoms with E-state index in [-0.39, 0.29) is 0 Å². The first kappa shape index (κ1) is 15.2. The van der Waals surface area contributed by atoms with Gasteiger partial charge >= 0.3 is 0 Å². The third kappa shape index (κ3) is 3.53. The molecule has 1 saturated heterocycles. The summed E-state index contributed by atoms with van der Waals surface area (Å²) >= 11 is 0. The molecule has 116 valence electrons. The number of halogens is 1. The van der Waals surface area contributed by atoms with Crippen LogP contribution >= 0.6 is 0 Å². The van der Waals surface area contributed by atoms with Gasteiger partial charge < -0.3 is 9.84 Å². The van der Waals surface area contributed by atoms with Gasteiger partial charge in [0.1, 0.15) is 18.0 Å². The van der Waals surface area contributed by atoms with Crippen molar-refractivity contribution in [1.29, 1.82) is 0 Å². The van der Waals surface area contributed by atoms with Crippen molar-refractivity contribution < 1.29 is 14.2 Å². The molecule has 4 heteroatoms. The monoisotopic (exact) mass is 301 g/mol. The summed E-state index contributed by atoms with van der Waals surface area (Å²) < 4.78 is 19.5. The highest BCUT2D eigenvalue weighted by Gasteiger charge is 2.29. The van der Waals surface area contributed by atoms with Gasteiger partial charge in [-0.1, -0.05) is 48.5 Å². The second-order valence-electron chi connectivity index (χ2n) is 5.60. The Morgan fingerprint density at radius 2 is 1.86 bits per heavy atom. The van der Waals surface area contributed by atoms with E-state index >= 15 is 0 Å². The minimum absolute atomic E-state index is 0.300. The minimum atomic E-state index is -0.945. The number of nitrogens with zero attached hydrogens (tertiary/aromatic N) is 1. The Labute approximate surface area is 130 Å². The van der Waals surface area contributed by atoms with Crippen molar-refractivity contribution in [3.05, 3.63) is 71.5 Å². The zero-order valence-corrected chi connectivity index (χ0v) is 12.4. The topological polar surface area (TPSA) is 32.7 Å². The molecule has 3 rings (SSSR count). The molecule has 1 aliphatic rings. The fraction of sp³-hybridized carbons (Fsp3) is 0.333. The molecular formula is C18H20FNO2. The molecule has 0 saturated carbocycles. The highest BCUT2D eigenvalue weighted by atomic mass is 19.1. The Kier molecular flexibility index (Phi) is 4.83. The maximum absolute atomic E-state index is 13.8. The van der Waals surface area contributed by atoms with Gasteiger partial charge in [-0.3, -0.25) is 4.90 Å². The maximum atomic E-state index is 13.8. The number of aliphatic hydroxyl groups is 1. The number of hydrogen-bond donors (Lipinski definition) is 1. The lowest BCUT2D eigenvalue weighted by Gasteiger charge is -2.35. The summed E-state index contributed by atoms with van der Waals surface area (Å²) in [6.07, 6.45) is -1.35. The lowest BCUT2D eigenvalue weighted by atomic mass is 10.0. The number of morpholine rings is 1. The average Bonchev–Trinajstić information content (AvgIpc) is 2.56. The molecule has 1 fully saturated rings. The molecule has 3 nitrogen and oxygen atoms in total. The number of aliphatic hydroxyl groups excluding tert-OH is 1. The molecule has 2 aromatic rings. The van der Waals surface area contributed by atoms with Gasteiger partial charge in [-0.2, -0.15) is 0 Å². The molecule has 1 heterocycles. The first-order valence-electron chi connectivity index (χ1n) is 7.54. The number of hydrogen-bond acceptors (Lipinski definition) is 3. The lowest BCUT2D eigenvalue weighted by Crippen LogP contribution is -2.44. The molecule has 2 aromatic carbocycles. The average molecular weight is 301 g/mol. The fourth-order valence-electron chi connectivity index (χ4n) is 2.82. The second-order valence-corrected chi connectivity index (χ2v) is 5.60. The van der Waals surface area contributed by atoms with Crippen LogP contribution in [0, 0.1) is 5.82 Å². The van der Waals surface area contributed by atoms with E-state index in [1.165, 1.54) is 11.6 Å². The van der Waals surface area contributed by atoms with Crippen molar-refractivity contribution in [2.24, 2.45) is 0 Å². The van der Waals surface area contributed by atoms with Crippen LogP contribution < -0.4 is 0 Å². The molecule has 2 unspecified atom stereocenters. The predicted molar refractivity (Wildman–Crippen MR) is 82.8 cm³/mol. The highest BCUT2D eigenvalue weighted by Crippen LogP contribution is 2.25. The van der Waals surface area contributed by atoms with Crippen LogP contribution in [0.2, 0.25) is 0 Å². The van der Waals surface area contributed by atoms with Gasteiger partial charge in [-0.25, -0.2) is 4.39 Å². The van der Waals surface area contributed by atoms with Gasteiger partial charge in [0.05, 0.1) is 6.61 Å². The zero-order valence-electron chi connectivity index (χ0n) is 12.4. The molecule has 1 aliphatic heterocycles. The van der Waals surface area contributed by atoms with Crippen LogP contribution in [-0.4, -0.2) is 35.8 Å². The van der Waals surface area contributed by atoms with Crippen molar-refractivity contribution in [1.82, 2.24) is 4.90 Å². The summed E-state index contributed by atoms with van der Waals surface area (Å²) in [6.45, 7) is 2.76. The van der Waals surface area contributed by atoms with Crippen LogP contribution in [0.1, 0.15) is 17.2 Å². The summed E-state index contributed by atoms with van der Waals surface area (Å²) in [5.41, 5.74) is 1.53.